The van der Waals surface area contributed by atoms with Gasteiger partial charge in [0.15, 0.2) is 37.2 Å². The molecule has 0 saturated heterocycles. The third kappa shape index (κ3) is 23.4. The lowest BCUT2D eigenvalue weighted by Crippen LogP contribution is -2.32. The van der Waals surface area contributed by atoms with E-state index in [0.29, 0.717) is 23.2 Å². The molecule has 0 radical (unpaired) electrons. The smallest absolute Gasteiger partial charge is 0.201 e. The molecule has 0 amide bonds. The van der Waals surface area contributed by atoms with Crippen molar-refractivity contribution in [1.29, 1.82) is 0 Å². The zero-order valence-corrected chi connectivity index (χ0v) is 67.0. The molecule has 6 aromatic carbocycles. The van der Waals surface area contributed by atoms with Crippen LogP contribution in [0.25, 0.3) is 67.5 Å². The van der Waals surface area contributed by atoms with Gasteiger partial charge in [-0.15, -0.1) is 0 Å². The van der Waals surface area contributed by atoms with Crippen LogP contribution < -0.4 is 27.4 Å². The minimum atomic E-state index is 0.331. The molecule has 0 aliphatic rings. The van der Waals surface area contributed by atoms with Crippen LogP contribution >= 0.6 is 0 Å². The number of aryl methyl sites for hydroxylation is 14. The van der Waals surface area contributed by atoms with Crippen molar-refractivity contribution < 1.29 is 27.4 Å². The molecule has 6 heterocycles. The van der Waals surface area contributed by atoms with Crippen LogP contribution in [0.2, 0.25) is 0 Å². The highest BCUT2D eigenvalue weighted by atomic mass is 14.9. The summed E-state index contributed by atoms with van der Waals surface area (Å²) in [6.45, 7) is 37.6. The fraction of sp³-hybridized carbons (Fsp3) is 0.320. The molecule has 6 heteroatoms. The Balaban J connectivity index is 0.000000173. The Morgan fingerprint density at radius 3 is 0.913 bits per heavy atom. The molecule has 103 heavy (non-hydrogen) atoms. The highest BCUT2D eigenvalue weighted by Crippen LogP contribution is 2.28. The van der Waals surface area contributed by atoms with Crippen molar-refractivity contribution in [3.05, 3.63) is 322 Å². The van der Waals surface area contributed by atoms with Gasteiger partial charge in [-0.1, -0.05) is 185 Å². The van der Waals surface area contributed by atoms with E-state index in [-0.39, 0.29) is 0 Å². The lowest BCUT2D eigenvalue weighted by molar-refractivity contribution is -0.661. The van der Waals surface area contributed by atoms with E-state index in [1.807, 2.05) is 0 Å². The Labute approximate surface area is 622 Å². The molecule has 12 rings (SSSR count). The highest BCUT2D eigenvalue weighted by Gasteiger charge is 2.20. The van der Waals surface area contributed by atoms with Crippen molar-refractivity contribution in [1.82, 2.24) is 0 Å². The molecule has 0 atom stereocenters. The molecule has 6 nitrogen and oxygen atoms in total. The highest BCUT2D eigenvalue weighted by molar-refractivity contribution is 5.65. The molecular formula is C97H122N6+6. The average molecular weight is 1370 g/mol. The molecular weight excluding hydrogens is 1250 g/mol. The molecule has 0 saturated carbocycles. The normalized spacial score (nSPS) is 10.9. The van der Waals surface area contributed by atoms with E-state index in [2.05, 4.69) is 443 Å². The zero-order valence-electron chi connectivity index (χ0n) is 67.0. The number of pyridine rings is 6. The number of aromatic nitrogens is 6. The van der Waals surface area contributed by atoms with Gasteiger partial charge in [-0.3, -0.25) is 0 Å². The van der Waals surface area contributed by atoms with Crippen LogP contribution in [0.5, 0.6) is 0 Å². The van der Waals surface area contributed by atoms with E-state index in [1.54, 1.807) is 0 Å². The first-order valence-electron chi connectivity index (χ1n) is 37.4. The predicted molar refractivity (Wildman–Crippen MR) is 435 cm³/mol. The van der Waals surface area contributed by atoms with Gasteiger partial charge in [-0.2, -0.15) is 0 Å². The molecule has 0 aliphatic heterocycles. The average Bonchev–Trinajstić information content (AvgIpc) is 0.856. The monoisotopic (exact) mass is 1370 g/mol. The molecule has 6 aromatic heterocycles. The van der Waals surface area contributed by atoms with E-state index in [1.165, 1.54) is 134 Å². The number of hydrogen-bond donors (Lipinski definition) is 0. The first-order chi connectivity index (χ1) is 49.1. The van der Waals surface area contributed by atoms with Crippen LogP contribution in [0.15, 0.2) is 256 Å². The van der Waals surface area contributed by atoms with E-state index in [4.69, 9.17) is 0 Å². The molecule has 0 fully saturated rings. The maximum atomic E-state index is 2.30. The summed E-state index contributed by atoms with van der Waals surface area (Å²) in [5, 5.41) is 0. The number of benzene rings is 6. The Morgan fingerprint density at radius 1 is 0.282 bits per heavy atom. The molecule has 534 valence electrons. The molecule has 0 bridgehead atoms. The maximum Gasteiger partial charge on any atom is 0.212 e. The number of nitrogens with zero attached hydrogens (tertiary/aromatic N) is 6. The topological polar surface area (TPSA) is 23.3 Å². The quantitative estimate of drug-likeness (QED) is 0.103. The van der Waals surface area contributed by atoms with Crippen molar-refractivity contribution >= 4 is 0 Å². The minimum absolute atomic E-state index is 0.331. The third-order valence-electron chi connectivity index (χ3n) is 19.2. The fourth-order valence-corrected chi connectivity index (χ4v) is 13.1. The molecule has 0 aliphatic carbocycles. The summed E-state index contributed by atoms with van der Waals surface area (Å²) in [4.78, 5) is 0. The Morgan fingerprint density at radius 2 is 0.583 bits per heavy atom. The maximum absolute atomic E-state index is 2.30. The van der Waals surface area contributed by atoms with E-state index in [9.17, 15) is 0 Å². The number of rotatable bonds is 13. The summed E-state index contributed by atoms with van der Waals surface area (Å²) in [5.41, 5.74) is 32.2. The van der Waals surface area contributed by atoms with E-state index >= 15 is 0 Å². The second kappa shape index (κ2) is 38.5. The van der Waals surface area contributed by atoms with Crippen LogP contribution in [0, 0.1) is 52.9 Å². The second-order valence-corrected chi connectivity index (χ2v) is 30.3. The summed E-state index contributed by atoms with van der Waals surface area (Å²) in [6, 6.07) is 78.0. The predicted octanol–water partition coefficient (Wildman–Crippen LogP) is 21.1. The van der Waals surface area contributed by atoms with Gasteiger partial charge >= 0.3 is 0 Å². The van der Waals surface area contributed by atoms with Crippen LogP contribution in [0.4, 0.5) is 0 Å². The van der Waals surface area contributed by atoms with Crippen LogP contribution in [-0.4, -0.2) is 0 Å². The standard InChI is InChI=1S/C18H24N.C17H22N.2C16H20N.2C15H18N/c1-14-8-6-7-9-16(14)17-11-10-15(13-19(17)5)12-18(2,3)4;1-13(2)11-15-9-10-17(18(4)12-15)16-8-6-5-7-14(16)3;1-12(2)14-9-10-17(4)16(11-14)15-8-6-5-7-13(15)3;1-12(2)14-9-10-16(17(4)11-14)15-8-6-5-7-13(15)3;1-4-13-9-10-16(3)15(11-13)14-8-6-5-7-12(14)2;1-4-13-9-10-15(16(3)11-13)14-8-6-5-7-12(14)2/h6-11,13H,12H2,1-5H3;5-10,12-13H,11H2,1-4H3;2*5-12H,1-4H3;2*5-11H,4H2,1-3H3/q6*+1. The Hall–Kier alpha value is -9.78. The SMILES string of the molecule is CCc1cc[n+](C)c(-c2ccccc2C)c1.CCc1ccc(-c2ccccc2C)[n+](C)c1.Cc1ccccc1-c1cc(C(C)C)cc[n+]1C.Cc1ccccc1-c1ccc(C(C)C)c[n+]1C.Cc1ccccc1-c1ccc(CC(C)(C)C)c[n+]1C.Cc1ccccc1-c1ccc(CC(C)C)c[n+]1C. The largest absolute Gasteiger partial charge is 0.212 e. The van der Waals surface area contributed by atoms with Gasteiger partial charge in [0.1, 0.15) is 42.3 Å². The second-order valence-electron chi connectivity index (χ2n) is 30.3. The summed E-state index contributed by atoms with van der Waals surface area (Å²) in [5.74, 6) is 1.85. The number of hydrogen-bond acceptors (Lipinski definition) is 0. The summed E-state index contributed by atoms with van der Waals surface area (Å²) in [6.07, 6.45) is 17.7. The zero-order chi connectivity index (χ0) is 75.1. The summed E-state index contributed by atoms with van der Waals surface area (Å²) >= 11 is 0. The van der Waals surface area contributed by atoms with Crippen LogP contribution in [-0.2, 0) is 68.0 Å². The van der Waals surface area contributed by atoms with Crippen molar-refractivity contribution in [2.45, 2.75) is 155 Å². The van der Waals surface area contributed by atoms with Crippen molar-refractivity contribution in [2.75, 3.05) is 0 Å². The first-order valence-corrected chi connectivity index (χ1v) is 37.4. The van der Waals surface area contributed by atoms with Gasteiger partial charge in [-0.05, 0) is 196 Å². The Kier molecular flexibility index (Phi) is 30.1. The van der Waals surface area contributed by atoms with Crippen molar-refractivity contribution in [2.24, 2.45) is 53.6 Å². The Bertz CT molecular complexity index is 4710. The van der Waals surface area contributed by atoms with E-state index in [0.717, 1.165) is 25.7 Å². The van der Waals surface area contributed by atoms with Gasteiger partial charge < -0.3 is 0 Å². The van der Waals surface area contributed by atoms with Gasteiger partial charge in [0.2, 0.25) is 34.2 Å². The minimum Gasteiger partial charge on any atom is -0.201 e. The third-order valence-corrected chi connectivity index (χ3v) is 19.2. The molecule has 0 unspecified atom stereocenters. The van der Waals surface area contributed by atoms with Crippen molar-refractivity contribution in [3.8, 4) is 67.5 Å². The van der Waals surface area contributed by atoms with Gasteiger partial charge in [0.05, 0.1) is 0 Å². The van der Waals surface area contributed by atoms with Gasteiger partial charge in [0.25, 0.3) is 0 Å². The summed E-state index contributed by atoms with van der Waals surface area (Å²) < 4.78 is 13.3. The van der Waals surface area contributed by atoms with Gasteiger partial charge in [0, 0.05) is 104 Å². The molecule has 12 aromatic rings. The lowest BCUT2D eigenvalue weighted by Gasteiger charge is -2.17. The first kappa shape index (κ1) is 80.5. The van der Waals surface area contributed by atoms with Crippen LogP contribution in [0.1, 0.15) is 155 Å². The molecule has 0 N–H and O–H groups in total. The lowest BCUT2D eigenvalue weighted by atomic mass is 9.88. The van der Waals surface area contributed by atoms with Crippen molar-refractivity contribution in [3.63, 3.8) is 0 Å². The molecule has 0 spiro atoms. The fourth-order valence-electron chi connectivity index (χ4n) is 13.1. The summed E-state index contributed by atoms with van der Waals surface area (Å²) in [7, 11) is 12.7. The van der Waals surface area contributed by atoms with E-state index < -0.39 is 0 Å². The van der Waals surface area contributed by atoms with Gasteiger partial charge in [-0.25, -0.2) is 27.4 Å². The van der Waals surface area contributed by atoms with Crippen LogP contribution in [0.3, 0.4) is 0 Å².